The molecule has 1 fully saturated rings. The molecule has 0 bridgehead atoms. The number of carbonyl (C=O) groups excluding carboxylic acids is 1. The van der Waals surface area contributed by atoms with Crippen molar-refractivity contribution in [2.45, 2.75) is 26.0 Å². The number of morpholine rings is 1. The summed E-state index contributed by atoms with van der Waals surface area (Å²) in [4.78, 5) is 13.6. The van der Waals surface area contributed by atoms with Gasteiger partial charge in [-0.25, -0.2) is 0 Å². The Bertz CT molecular complexity index is 394. The van der Waals surface area contributed by atoms with Crippen molar-refractivity contribution in [1.29, 1.82) is 0 Å². The zero-order valence-corrected chi connectivity index (χ0v) is 11.5. The van der Waals surface area contributed by atoms with Gasteiger partial charge in [0.05, 0.1) is 12.7 Å². The van der Waals surface area contributed by atoms with E-state index < -0.39 is 0 Å². The van der Waals surface area contributed by atoms with Gasteiger partial charge in [-0.3, -0.25) is 9.69 Å². The van der Waals surface area contributed by atoms with Crippen LogP contribution in [0.4, 0.5) is 0 Å². The molecule has 104 valence electrons. The van der Waals surface area contributed by atoms with E-state index >= 15 is 0 Å². The molecule has 1 unspecified atom stereocenters. The molecule has 0 spiro atoms. The molecule has 1 N–H and O–H groups in total. The molecule has 1 aromatic rings. The number of nitrogens with one attached hydrogen (secondary N) is 1. The number of rotatable bonds is 5. The number of carbonyl (C=O) groups is 1. The van der Waals surface area contributed by atoms with Gasteiger partial charge in [0.1, 0.15) is 0 Å². The van der Waals surface area contributed by atoms with Crippen molar-refractivity contribution < 1.29 is 9.53 Å². The standard InChI is InChI=1S/C15H22N2O2/c1-2-15(18)16-10-14-12-17(8-9-19-14)11-13-6-4-3-5-7-13/h3-7,14H,2,8-12H2,1H3,(H,16,18). The SMILES string of the molecule is CCC(=O)NCC1CN(Cc2ccccc2)CCO1. The van der Waals surface area contributed by atoms with Gasteiger partial charge in [-0.05, 0) is 5.56 Å². The highest BCUT2D eigenvalue weighted by molar-refractivity contribution is 5.75. The third-order valence-electron chi connectivity index (χ3n) is 3.32. The van der Waals surface area contributed by atoms with E-state index in [-0.39, 0.29) is 12.0 Å². The van der Waals surface area contributed by atoms with Gasteiger partial charge in [-0.2, -0.15) is 0 Å². The molecular weight excluding hydrogens is 240 g/mol. The maximum Gasteiger partial charge on any atom is 0.219 e. The van der Waals surface area contributed by atoms with Gasteiger partial charge in [0.15, 0.2) is 0 Å². The van der Waals surface area contributed by atoms with Crippen molar-refractivity contribution in [3.8, 4) is 0 Å². The molecule has 1 heterocycles. The van der Waals surface area contributed by atoms with Gasteiger partial charge < -0.3 is 10.1 Å². The lowest BCUT2D eigenvalue weighted by Crippen LogP contribution is -2.47. The zero-order chi connectivity index (χ0) is 13.5. The molecule has 4 heteroatoms. The van der Waals surface area contributed by atoms with E-state index in [9.17, 15) is 4.79 Å². The molecule has 0 aliphatic carbocycles. The second-order valence-electron chi connectivity index (χ2n) is 4.87. The van der Waals surface area contributed by atoms with E-state index in [1.807, 2.05) is 13.0 Å². The highest BCUT2D eigenvalue weighted by Gasteiger charge is 2.20. The first-order chi connectivity index (χ1) is 9.28. The molecule has 0 aromatic heterocycles. The highest BCUT2D eigenvalue weighted by Crippen LogP contribution is 2.10. The first kappa shape index (κ1) is 14.0. The fourth-order valence-electron chi connectivity index (χ4n) is 2.24. The van der Waals surface area contributed by atoms with Crippen LogP contribution in [0, 0.1) is 0 Å². The van der Waals surface area contributed by atoms with Gasteiger partial charge in [0, 0.05) is 32.6 Å². The van der Waals surface area contributed by atoms with E-state index in [1.54, 1.807) is 0 Å². The molecule has 19 heavy (non-hydrogen) atoms. The number of benzene rings is 1. The van der Waals surface area contributed by atoms with Crippen LogP contribution in [0.3, 0.4) is 0 Å². The van der Waals surface area contributed by atoms with Crippen molar-refractivity contribution in [3.63, 3.8) is 0 Å². The van der Waals surface area contributed by atoms with Crippen LogP contribution in [0.5, 0.6) is 0 Å². The van der Waals surface area contributed by atoms with E-state index in [0.29, 0.717) is 13.0 Å². The fraction of sp³-hybridized carbons (Fsp3) is 0.533. The molecule has 1 amide bonds. The van der Waals surface area contributed by atoms with Crippen LogP contribution >= 0.6 is 0 Å². The van der Waals surface area contributed by atoms with Crippen molar-refractivity contribution in [2.75, 3.05) is 26.2 Å². The maximum absolute atomic E-state index is 11.2. The van der Waals surface area contributed by atoms with E-state index in [0.717, 1.165) is 26.2 Å². The fourth-order valence-corrected chi connectivity index (χ4v) is 2.24. The van der Waals surface area contributed by atoms with Crippen molar-refractivity contribution in [3.05, 3.63) is 35.9 Å². The van der Waals surface area contributed by atoms with Crippen molar-refractivity contribution >= 4 is 5.91 Å². The Kier molecular flexibility index (Phi) is 5.36. The van der Waals surface area contributed by atoms with E-state index in [1.165, 1.54) is 5.56 Å². The van der Waals surface area contributed by atoms with Crippen LogP contribution in [0.1, 0.15) is 18.9 Å². The highest BCUT2D eigenvalue weighted by atomic mass is 16.5. The third-order valence-corrected chi connectivity index (χ3v) is 3.32. The third kappa shape index (κ3) is 4.65. The molecule has 1 aliphatic rings. The number of amides is 1. The Morgan fingerprint density at radius 1 is 1.42 bits per heavy atom. The monoisotopic (exact) mass is 262 g/mol. The summed E-state index contributed by atoms with van der Waals surface area (Å²) < 4.78 is 5.68. The molecule has 1 saturated heterocycles. The van der Waals surface area contributed by atoms with Crippen molar-refractivity contribution in [2.24, 2.45) is 0 Å². The molecule has 1 atom stereocenters. The predicted octanol–water partition coefficient (Wildman–Crippen LogP) is 1.41. The molecule has 0 radical (unpaired) electrons. The minimum atomic E-state index is 0.0868. The van der Waals surface area contributed by atoms with Gasteiger partial charge in [-0.1, -0.05) is 37.3 Å². The Morgan fingerprint density at radius 2 is 2.21 bits per heavy atom. The largest absolute Gasteiger partial charge is 0.374 e. The number of hydrogen-bond donors (Lipinski definition) is 1. The van der Waals surface area contributed by atoms with Gasteiger partial charge >= 0.3 is 0 Å². The Morgan fingerprint density at radius 3 is 2.95 bits per heavy atom. The summed E-state index contributed by atoms with van der Waals surface area (Å²) in [7, 11) is 0. The van der Waals surface area contributed by atoms with Gasteiger partial charge in [-0.15, -0.1) is 0 Å². The van der Waals surface area contributed by atoms with Gasteiger partial charge in [0.25, 0.3) is 0 Å². The number of hydrogen-bond acceptors (Lipinski definition) is 3. The van der Waals surface area contributed by atoms with Crippen molar-refractivity contribution in [1.82, 2.24) is 10.2 Å². The summed E-state index contributed by atoms with van der Waals surface area (Å²) in [5, 5.41) is 2.90. The van der Waals surface area contributed by atoms with Gasteiger partial charge in [0.2, 0.25) is 5.91 Å². The molecular formula is C15H22N2O2. The molecule has 0 saturated carbocycles. The Hall–Kier alpha value is -1.39. The normalized spacial score (nSPS) is 20.2. The average molecular weight is 262 g/mol. The second kappa shape index (κ2) is 7.26. The maximum atomic E-state index is 11.2. The topological polar surface area (TPSA) is 41.6 Å². The lowest BCUT2D eigenvalue weighted by Gasteiger charge is -2.33. The minimum absolute atomic E-state index is 0.0868. The smallest absolute Gasteiger partial charge is 0.219 e. The summed E-state index contributed by atoms with van der Waals surface area (Å²) >= 11 is 0. The lowest BCUT2D eigenvalue weighted by molar-refractivity contribution is -0.122. The Balaban J connectivity index is 1.79. The predicted molar refractivity (Wildman–Crippen MR) is 74.8 cm³/mol. The first-order valence-corrected chi connectivity index (χ1v) is 6.92. The summed E-state index contributed by atoms with van der Waals surface area (Å²) in [6.45, 7) is 5.98. The van der Waals surface area contributed by atoms with Crippen LogP contribution in [-0.4, -0.2) is 43.2 Å². The average Bonchev–Trinajstić information content (AvgIpc) is 2.46. The lowest BCUT2D eigenvalue weighted by atomic mass is 10.2. The first-order valence-electron chi connectivity index (χ1n) is 6.92. The zero-order valence-electron chi connectivity index (χ0n) is 11.5. The molecule has 1 aliphatic heterocycles. The summed E-state index contributed by atoms with van der Waals surface area (Å²) in [6, 6.07) is 10.4. The van der Waals surface area contributed by atoms with Crippen LogP contribution in [0.2, 0.25) is 0 Å². The van der Waals surface area contributed by atoms with Crippen LogP contribution < -0.4 is 5.32 Å². The summed E-state index contributed by atoms with van der Waals surface area (Å²) in [5.41, 5.74) is 1.32. The summed E-state index contributed by atoms with van der Waals surface area (Å²) in [6.07, 6.45) is 0.633. The summed E-state index contributed by atoms with van der Waals surface area (Å²) in [5.74, 6) is 0.0868. The number of nitrogens with zero attached hydrogens (tertiary/aromatic N) is 1. The quantitative estimate of drug-likeness (QED) is 0.872. The second-order valence-corrected chi connectivity index (χ2v) is 4.87. The Labute approximate surface area is 114 Å². The minimum Gasteiger partial charge on any atom is -0.374 e. The molecule has 4 nitrogen and oxygen atoms in total. The van der Waals surface area contributed by atoms with E-state index in [4.69, 9.17) is 4.74 Å². The number of ether oxygens (including phenoxy) is 1. The van der Waals surface area contributed by atoms with Crippen LogP contribution in [-0.2, 0) is 16.1 Å². The molecule has 2 rings (SSSR count). The van der Waals surface area contributed by atoms with Crippen LogP contribution in [0.15, 0.2) is 30.3 Å². The molecule has 1 aromatic carbocycles. The van der Waals surface area contributed by atoms with E-state index in [2.05, 4.69) is 34.5 Å². The van der Waals surface area contributed by atoms with Crippen LogP contribution in [0.25, 0.3) is 0 Å².